The standard InChI is InChI=1S/C33H26F3N3O2/c1-21-6-10-23(11-7-21)24-12-8-22(9-13-24)19-39-20-27(18-30(39)31(37)40)38-32(41)29-5-3-2-4-28(29)25-14-16-26(17-15-25)33(34,35)36/h2-18,20H,19H2,1H3,(H2,37,40)(H,38,41). The Bertz CT molecular complexity index is 1700. The first-order valence-corrected chi connectivity index (χ1v) is 12.8. The largest absolute Gasteiger partial charge is 0.416 e. The summed E-state index contributed by atoms with van der Waals surface area (Å²) >= 11 is 0. The number of benzene rings is 4. The zero-order chi connectivity index (χ0) is 29.1. The molecule has 0 spiro atoms. The second-order valence-corrected chi connectivity index (χ2v) is 9.74. The first-order valence-electron chi connectivity index (χ1n) is 12.8. The molecule has 41 heavy (non-hydrogen) atoms. The van der Waals surface area contributed by atoms with Gasteiger partial charge in [0, 0.05) is 18.3 Å². The number of aryl methyl sites for hydroxylation is 1. The molecule has 0 saturated carbocycles. The first kappa shape index (κ1) is 27.5. The van der Waals surface area contributed by atoms with Crippen molar-refractivity contribution in [2.45, 2.75) is 19.6 Å². The Hall–Kier alpha value is -5.11. The molecule has 0 saturated heterocycles. The number of nitrogens with two attached hydrogens (primary N) is 1. The number of alkyl halides is 3. The Balaban J connectivity index is 1.36. The van der Waals surface area contributed by atoms with Crippen LogP contribution in [0, 0.1) is 6.92 Å². The average Bonchev–Trinajstić information content (AvgIpc) is 3.35. The number of amides is 2. The minimum Gasteiger partial charge on any atom is -0.364 e. The van der Waals surface area contributed by atoms with Gasteiger partial charge < -0.3 is 15.6 Å². The van der Waals surface area contributed by atoms with E-state index in [0.717, 1.165) is 28.8 Å². The Morgan fingerprint density at radius 1 is 0.805 bits per heavy atom. The van der Waals surface area contributed by atoms with Crippen molar-refractivity contribution in [1.29, 1.82) is 0 Å². The number of hydrogen-bond acceptors (Lipinski definition) is 2. The predicted molar refractivity (Wildman–Crippen MR) is 154 cm³/mol. The van der Waals surface area contributed by atoms with E-state index in [2.05, 4.69) is 29.6 Å². The van der Waals surface area contributed by atoms with Crippen LogP contribution in [-0.4, -0.2) is 16.4 Å². The summed E-state index contributed by atoms with van der Waals surface area (Å²) in [6.07, 6.45) is -2.82. The molecule has 5 rings (SSSR count). The van der Waals surface area contributed by atoms with Crippen LogP contribution in [0.15, 0.2) is 109 Å². The van der Waals surface area contributed by atoms with Crippen LogP contribution in [0.4, 0.5) is 18.9 Å². The molecule has 1 heterocycles. The van der Waals surface area contributed by atoms with Gasteiger partial charge in [0.25, 0.3) is 11.8 Å². The van der Waals surface area contributed by atoms with Gasteiger partial charge in [0.05, 0.1) is 11.3 Å². The maximum atomic E-state index is 13.3. The van der Waals surface area contributed by atoms with Crippen LogP contribution >= 0.6 is 0 Å². The van der Waals surface area contributed by atoms with Gasteiger partial charge >= 0.3 is 6.18 Å². The van der Waals surface area contributed by atoms with E-state index in [-0.39, 0.29) is 11.3 Å². The molecule has 5 aromatic rings. The monoisotopic (exact) mass is 553 g/mol. The minimum atomic E-state index is -4.45. The molecule has 1 aromatic heterocycles. The van der Waals surface area contributed by atoms with Gasteiger partial charge in [-0.15, -0.1) is 0 Å². The van der Waals surface area contributed by atoms with E-state index in [4.69, 9.17) is 5.73 Å². The molecule has 0 atom stereocenters. The van der Waals surface area contributed by atoms with E-state index in [1.165, 1.54) is 23.8 Å². The summed E-state index contributed by atoms with van der Waals surface area (Å²) in [4.78, 5) is 25.5. The van der Waals surface area contributed by atoms with Crippen LogP contribution in [0.3, 0.4) is 0 Å². The molecule has 0 fully saturated rings. The summed E-state index contributed by atoms with van der Waals surface area (Å²) in [5.74, 6) is -1.12. The molecule has 8 heteroatoms. The molecule has 3 N–H and O–H groups in total. The highest BCUT2D eigenvalue weighted by molar-refractivity contribution is 6.09. The van der Waals surface area contributed by atoms with Crippen molar-refractivity contribution in [1.82, 2.24) is 4.57 Å². The second kappa shape index (κ2) is 11.2. The molecule has 0 aliphatic rings. The maximum absolute atomic E-state index is 13.3. The molecule has 0 bridgehead atoms. The van der Waals surface area contributed by atoms with Crippen LogP contribution < -0.4 is 11.1 Å². The number of rotatable bonds is 7. The normalized spacial score (nSPS) is 11.3. The van der Waals surface area contributed by atoms with Crippen molar-refractivity contribution in [2.24, 2.45) is 5.73 Å². The van der Waals surface area contributed by atoms with Crippen molar-refractivity contribution >= 4 is 17.5 Å². The number of halogens is 3. The van der Waals surface area contributed by atoms with Crippen LogP contribution in [0.25, 0.3) is 22.3 Å². The Morgan fingerprint density at radius 2 is 1.39 bits per heavy atom. The number of primary amides is 1. The van der Waals surface area contributed by atoms with E-state index >= 15 is 0 Å². The van der Waals surface area contributed by atoms with Gasteiger partial charge in [-0.05, 0) is 59.0 Å². The first-order chi connectivity index (χ1) is 19.6. The summed E-state index contributed by atoms with van der Waals surface area (Å²) in [6.45, 7) is 2.39. The maximum Gasteiger partial charge on any atom is 0.416 e. The van der Waals surface area contributed by atoms with Gasteiger partial charge in [0.15, 0.2) is 0 Å². The summed E-state index contributed by atoms with van der Waals surface area (Å²) in [5.41, 5.74) is 10.9. The number of aromatic nitrogens is 1. The van der Waals surface area contributed by atoms with E-state index in [0.29, 0.717) is 23.4 Å². The Kier molecular flexibility index (Phi) is 7.48. The molecular formula is C33H26F3N3O2. The minimum absolute atomic E-state index is 0.221. The average molecular weight is 554 g/mol. The molecule has 4 aromatic carbocycles. The topological polar surface area (TPSA) is 77.1 Å². The van der Waals surface area contributed by atoms with Crippen LogP contribution in [0.2, 0.25) is 0 Å². The fourth-order valence-corrected chi connectivity index (χ4v) is 4.63. The number of carbonyl (C=O) groups excluding carboxylic acids is 2. The van der Waals surface area contributed by atoms with Crippen molar-refractivity contribution in [3.8, 4) is 22.3 Å². The number of carbonyl (C=O) groups is 2. The molecule has 2 amide bonds. The lowest BCUT2D eigenvalue weighted by Crippen LogP contribution is -2.16. The Labute approximate surface area is 235 Å². The number of nitrogens with one attached hydrogen (secondary N) is 1. The van der Waals surface area contributed by atoms with Crippen molar-refractivity contribution < 1.29 is 22.8 Å². The zero-order valence-corrected chi connectivity index (χ0v) is 22.1. The summed E-state index contributed by atoms with van der Waals surface area (Å²) in [7, 11) is 0. The Morgan fingerprint density at radius 3 is 2.00 bits per heavy atom. The highest BCUT2D eigenvalue weighted by Crippen LogP contribution is 2.32. The van der Waals surface area contributed by atoms with E-state index < -0.39 is 23.6 Å². The molecule has 0 unspecified atom stereocenters. The lowest BCUT2D eigenvalue weighted by atomic mass is 9.98. The molecule has 0 aliphatic carbocycles. The smallest absolute Gasteiger partial charge is 0.364 e. The SMILES string of the molecule is Cc1ccc(-c2ccc(Cn3cc(NC(=O)c4ccccc4-c4ccc(C(F)(F)F)cc4)cc3C(N)=O)cc2)cc1. The third kappa shape index (κ3) is 6.22. The quantitative estimate of drug-likeness (QED) is 0.218. The molecule has 206 valence electrons. The van der Waals surface area contributed by atoms with Crippen LogP contribution in [0.1, 0.15) is 37.5 Å². The lowest BCUT2D eigenvalue weighted by molar-refractivity contribution is -0.137. The fraction of sp³-hybridized carbons (Fsp3) is 0.0909. The van der Waals surface area contributed by atoms with Gasteiger partial charge in [0.2, 0.25) is 0 Å². The van der Waals surface area contributed by atoms with Crippen LogP contribution in [-0.2, 0) is 12.7 Å². The van der Waals surface area contributed by atoms with Crippen molar-refractivity contribution in [3.63, 3.8) is 0 Å². The number of nitrogens with zero attached hydrogens (tertiary/aromatic N) is 1. The van der Waals surface area contributed by atoms with Crippen molar-refractivity contribution in [3.05, 3.63) is 137 Å². The molecular weight excluding hydrogens is 527 g/mol. The highest BCUT2D eigenvalue weighted by Gasteiger charge is 2.30. The lowest BCUT2D eigenvalue weighted by Gasteiger charge is -2.11. The predicted octanol–water partition coefficient (Wildman–Crippen LogP) is 7.55. The second-order valence-electron chi connectivity index (χ2n) is 9.74. The number of hydrogen-bond donors (Lipinski definition) is 2. The van der Waals surface area contributed by atoms with E-state index in [9.17, 15) is 22.8 Å². The molecule has 0 radical (unpaired) electrons. The zero-order valence-electron chi connectivity index (χ0n) is 22.1. The summed E-state index contributed by atoms with van der Waals surface area (Å²) < 4.78 is 40.7. The van der Waals surface area contributed by atoms with E-state index in [1.54, 1.807) is 35.0 Å². The van der Waals surface area contributed by atoms with Crippen molar-refractivity contribution in [2.75, 3.05) is 5.32 Å². The molecule has 5 nitrogen and oxygen atoms in total. The van der Waals surface area contributed by atoms with Gasteiger partial charge in [-0.25, -0.2) is 0 Å². The van der Waals surface area contributed by atoms with Gasteiger partial charge in [0.1, 0.15) is 5.69 Å². The van der Waals surface area contributed by atoms with Gasteiger partial charge in [-0.1, -0.05) is 84.4 Å². The third-order valence-corrected chi connectivity index (χ3v) is 6.79. The third-order valence-electron chi connectivity index (χ3n) is 6.79. The van der Waals surface area contributed by atoms with Crippen LogP contribution in [0.5, 0.6) is 0 Å². The van der Waals surface area contributed by atoms with Gasteiger partial charge in [-0.2, -0.15) is 13.2 Å². The molecule has 0 aliphatic heterocycles. The summed E-state index contributed by atoms with van der Waals surface area (Å²) in [5, 5.41) is 2.79. The van der Waals surface area contributed by atoms with Gasteiger partial charge in [-0.3, -0.25) is 9.59 Å². The van der Waals surface area contributed by atoms with E-state index in [1.807, 2.05) is 31.2 Å². The number of anilines is 1. The summed E-state index contributed by atoms with van der Waals surface area (Å²) in [6, 6.07) is 29.0. The fourth-order valence-electron chi connectivity index (χ4n) is 4.63. The highest BCUT2D eigenvalue weighted by atomic mass is 19.4.